The highest BCUT2D eigenvalue weighted by Gasteiger charge is 2.17. The molecule has 0 N–H and O–H groups in total. The van der Waals surface area contributed by atoms with Crippen LogP contribution in [-0.2, 0) is 20.9 Å². The van der Waals surface area contributed by atoms with E-state index in [1.54, 1.807) is 57.7 Å². The fraction of sp³-hybridized carbons (Fsp3) is 0.360. The predicted octanol–water partition coefficient (Wildman–Crippen LogP) is 3.71. The van der Waals surface area contributed by atoms with Crippen molar-refractivity contribution in [1.82, 2.24) is 4.90 Å². The summed E-state index contributed by atoms with van der Waals surface area (Å²) in [6, 6.07) is 10.7. The van der Waals surface area contributed by atoms with E-state index in [1.165, 1.54) is 18.1 Å². The first-order chi connectivity index (χ1) is 15.8. The lowest BCUT2D eigenvalue weighted by molar-refractivity contribution is -0.145. The van der Waals surface area contributed by atoms with Crippen molar-refractivity contribution in [2.45, 2.75) is 26.5 Å². The van der Waals surface area contributed by atoms with Crippen molar-refractivity contribution in [3.8, 4) is 23.0 Å². The van der Waals surface area contributed by atoms with Crippen molar-refractivity contribution in [2.75, 3.05) is 35.0 Å². The SMILES string of the molecule is COC(=O)CN(Cc1cc(OC)cc(OC)c1)C(=O)/C=C/c1ccc(OC(C)C)c(OC)c1. The summed E-state index contributed by atoms with van der Waals surface area (Å²) in [5.41, 5.74) is 1.49. The molecule has 0 saturated heterocycles. The van der Waals surface area contributed by atoms with E-state index in [0.29, 0.717) is 23.0 Å². The summed E-state index contributed by atoms with van der Waals surface area (Å²) < 4.78 is 26.5. The summed E-state index contributed by atoms with van der Waals surface area (Å²) in [6.07, 6.45) is 3.06. The molecule has 0 aliphatic carbocycles. The number of carbonyl (C=O) groups excluding carboxylic acids is 2. The van der Waals surface area contributed by atoms with Gasteiger partial charge >= 0.3 is 5.97 Å². The smallest absolute Gasteiger partial charge is 0.325 e. The second-order valence-electron chi connectivity index (χ2n) is 7.40. The average molecular weight is 458 g/mol. The fourth-order valence-electron chi connectivity index (χ4n) is 3.02. The lowest BCUT2D eigenvalue weighted by Gasteiger charge is -2.21. The number of hydrogen-bond donors (Lipinski definition) is 0. The number of carbonyl (C=O) groups is 2. The maximum Gasteiger partial charge on any atom is 0.325 e. The molecule has 0 heterocycles. The molecule has 0 radical (unpaired) electrons. The molecular weight excluding hydrogens is 426 g/mol. The molecule has 178 valence electrons. The second-order valence-corrected chi connectivity index (χ2v) is 7.40. The Balaban J connectivity index is 2.25. The minimum Gasteiger partial charge on any atom is -0.497 e. The lowest BCUT2D eigenvalue weighted by atomic mass is 10.1. The summed E-state index contributed by atoms with van der Waals surface area (Å²) in [7, 11) is 5.93. The van der Waals surface area contributed by atoms with E-state index in [4.69, 9.17) is 23.7 Å². The van der Waals surface area contributed by atoms with Gasteiger partial charge in [0.25, 0.3) is 0 Å². The van der Waals surface area contributed by atoms with Crippen molar-refractivity contribution < 1.29 is 33.3 Å². The van der Waals surface area contributed by atoms with Crippen molar-refractivity contribution in [3.63, 3.8) is 0 Å². The molecule has 0 fully saturated rings. The van der Waals surface area contributed by atoms with Gasteiger partial charge in [0.2, 0.25) is 5.91 Å². The normalized spacial score (nSPS) is 10.8. The molecule has 0 aromatic heterocycles. The molecule has 0 unspecified atom stereocenters. The van der Waals surface area contributed by atoms with E-state index >= 15 is 0 Å². The van der Waals surface area contributed by atoms with Crippen molar-refractivity contribution in [1.29, 1.82) is 0 Å². The van der Waals surface area contributed by atoms with Crippen LogP contribution in [0.2, 0.25) is 0 Å². The summed E-state index contributed by atoms with van der Waals surface area (Å²) in [5.74, 6) is 1.47. The number of amides is 1. The van der Waals surface area contributed by atoms with Crippen LogP contribution in [0.1, 0.15) is 25.0 Å². The van der Waals surface area contributed by atoms with Crippen molar-refractivity contribution >= 4 is 18.0 Å². The second kappa shape index (κ2) is 12.4. The van der Waals surface area contributed by atoms with Gasteiger partial charge in [-0.15, -0.1) is 0 Å². The van der Waals surface area contributed by atoms with E-state index in [-0.39, 0.29) is 25.1 Å². The molecule has 2 rings (SSSR count). The van der Waals surface area contributed by atoms with Crippen molar-refractivity contribution in [2.24, 2.45) is 0 Å². The topological polar surface area (TPSA) is 83.5 Å². The number of nitrogens with zero attached hydrogens (tertiary/aromatic N) is 1. The molecule has 0 bridgehead atoms. The van der Waals surface area contributed by atoms with E-state index < -0.39 is 5.97 Å². The van der Waals surface area contributed by atoms with Crippen LogP contribution in [0.5, 0.6) is 23.0 Å². The Morgan fingerprint density at radius 3 is 2.12 bits per heavy atom. The molecule has 0 saturated carbocycles. The zero-order chi connectivity index (χ0) is 24.4. The Hall–Kier alpha value is -3.68. The highest BCUT2D eigenvalue weighted by Crippen LogP contribution is 2.29. The fourth-order valence-corrected chi connectivity index (χ4v) is 3.02. The number of esters is 1. The third-order valence-electron chi connectivity index (χ3n) is 4.61. The predicted molar refractivity (Wildman–Crippen MR) is 125 cm³/mol. The summed E-state index contributed by atoms with van der Waals surface area (Å²) in [5, 5.41) is 0. The first-order valence-electron chi connectivity index (χ1n) is 10.4. The van der Waals surface area contributed by atoms with Gasteiger partial charge in [0.1, 0.15) is 18.0 Å². The maximum absolute atomic E-state index is 13.0. The van der Waals surface area contributed by atoms with Crippen LogP contribution >= 0.6 is 0 Å². The first kappa shape index (κ1) is 25.6. The molecule has 2 aromatic rings. The molecule has 0 atom stereocenters. The quantitative estimate of drug-likeness (QED) is 0.376. The summed E-state index contributed by atoms with van der Waals surface area (Å²) >= 11 is 0. The molecule has 0 aliphatic rings. The zero-order valence-corrected chi connectivity index (χ0v) is 19.9. The Labute approximate surface area is 194 Å². The largest absolute Gasteiger partial charge is 0.497 e. The van der Waals surface area contributed by atoms with Crippen LogP contribution in [0.15, 0.2) is 42.5 Å². The van der Waals surface area contributed by atoms with Gasteiger partial charge < -0.3 is 28.6 Å². The van der Waals surface area contributed by atoms with Crippen LogP contribution in [-0.4, -0.2) is 57.9 Å². The highest BCUT2D eigenvalue weighted by atomic mass is 16.5. The number of rotatable bonds is 11. The highest BCUT2D eigenvalue weighted by molar-refractivity contribution is 5.93. The molecule has 2 aromatic carbocycles. The van der Waals surface area contributed by atoms with Crippen molar-refractivity contribution in [3.05, 3.63) is 53.6 Å². The molecule has 33 heavy (non-hydrogen) atoms. The first-order valence-corrected chi connectivity index (χ1v) is 10.4. The van der Waals surface area contributed by atoms with Gasteiger partial charge in [0.15, 0.2) is 11.5 Å². The lowest BCUT2D eigenvalue weighted by Crippen LogP contribution is -2.34. The minimum absolute atomic E-state index is 0.00369. The molecular formula is C25H31NO7. The van der Waals surface area contributed by atoms with Crippen LogP contribution in [0, 0.1) is 0 Å². The van der Waals surface area contributed by atoms with Crippen LogP contribution < -0.4 is 18.9 Å². The van der Waals surface area contributed by atoms with Gasteiger partial charge in [0, 0.05) is 18.7 Å². The van der Waals surface area contributed by atoms with Crippen LogP contribution in [0.4, 0.5) is 0 Å². The molecule has 0 spiro atoms. The van der Waals surface area contributed by atoms with Gasteiger partial charge in [-0.1, -0.05) is 6.07 Å². The Bertz CT molecular complexity index is 962. The standard InChI is InChI=1S/C25H31NO7/c1-17(2)33-22-9-7-18(13-23(22)31-5)8-10-24(27)26(16-25(28)32-6)15-19-11-20(29-3)14-21(12-19)30-4/h7-14,17H,15-16H2,1-6H3/b10-8+. The molecule has 8 heteroatoms. The maximum atomic E-state index is 13.0. The summed E-state index contributed by atoms with van der Waals surface area (Å²) in [4.78, 5) is 26.3. The Morgan fingerprint density at radius 1 is 0.909 bits per heavy atom. The number of ether oxygens (including phenoxy) is 5. The van der Waals surface area contributed by atoms with Gasteiger partial charge in [-0.2, -0.15) is 0 Å². The average Bonchev–Trinajstić information content (AvgIpc) is 2.81. The van der Waals surface area contributed by atoms with E-state index in [2.05, 4.69) is 0 Å². The minimum atomic E-state index is -0.525. The zero-order valence-electron chi connectivity index (χ0n) is 19.9. The summed E-state index contributed by atoms with van der Waals surface area (Å²) in [6.45, 7) is 3.82. The van der Waals surface area contributed by atoms with Crippen LogP contribution in [0.25, 0.3) is 6.08 Å². The van der Waals surface area contributed by atoms with Gasteiger partial charge in [0.05, 0.1) is 34.5 Å². The number of hydrogen-bond acceptors (Lipinski definition) is 7. The molecule has 0 aliphatic heterocycles. The Morgan fingerprint density at radius 2 is 1.58 bits per heavy atom. The van der Waals surface area contributed by atoms with E-state index in [1.807, 2.05) is 19.9 Å². The third-order valence-corrected chi connectivity index (χ3v) is 4.61. The Kier molecular flexibility index (Phi) is 9.60. The van der Waals surface area contributed by atoms with E-state index in [0.717, 1.165) is 11.1 Å². The number of benzene rings is 2. The van der Waals surface area contributed by atoms with Gasteiger partial charge in [-0.05, 0) is 55.3 Å². The van der Waals surface area contributed by atoms with Crippen LogP contribution in [0.3, 0.4) is 0 Å². The molecule has 8 nitrogen and oxygen atoms in total. The number of methoxy groups -OCH3 is 4. The monoisotopic (exact) mass is 457 g/mol. The third kappa shape index (κ3) is 7.75. The van der Waals surface area contributed by atoms with Gasteiger partial charge in [-0.25, -0.2) is 0 Å². The van der Waals surface area contributed by atoms with E-state index in [9.17, 15) is 9.59 Å². The molecule has 1 amide bonds. The van der Waals surface area contributed by atoms with Gasteiger partial charge in [-0.3, -0.25) is 9.59 Å².